The fourth-order valence-corrected chi connectivity index (χ4v) is 2.60. The summed E-state index contributed by atoms with van der Waals surface area (Å²) < 4.78 is 13.7. The minimum atomic E-state index is -0.563. The molecule has 0 radical (unpaired) electrons. The van der Waals surface area contributed by atoms with E-state index in [1.54, 1.807) is 12.1 Å². The maximum Gasteiger partial charge on any atom is 0.270 e. The number of nitro benzene ring substituents is 1. The Morgan fingerprint density at radius 3 is 2.77 bits per heavy atom. The van der Waals surface area contributed by atoms with Gasteiger partial charge in [-0.25, -0.2) is 4.39 Å². The van der Waals surface area contributed by atoms with Gasteiger partial charge in [0.1, 0.15) is 5.82 Å². The van der Waals surface area contributed by atoms with Crippen LogP contribution in [0.2, 0.25) is 5.02 Å². The van der Waals surface area contributed by atoms with Gasteiger partial charge in [0.15, 0.2) is 5.82 Å². The van der Waals surface area contributed by atoms with Crippen molar-refractivity contribution in [3.8, 4) is 11.3 Å². The molecular weight excluding hydrogens is 363 g/mol. The van der Waals surface area contributed by atoms with Gasteiger partial charge in [0.25, 0.3) is 5.69 Å². The highest BCUT2D eigenvalue weighted by molar-refractivity contribution is 6.31. The molecule has 2 N–H and O–H groups in total. The predicted molar refractivity (Wildman–Crippen MR) is 94.4 cm³/mol. The Morgan fingerprint density at radius 1 is 1.27 bits per heavy atom. The summed E-state index contributed by atoms with van der Waals surface area (Å²) in [4.78, 5) is 22.4. The van der Waals surface area contributed by atoms with Crippen molar-refractivity contribution in [2.75, 3.05) is 5.32 Å². The maximum atomic E-state index is 13.7. The zero-order valence-corrected chi connectivity index (χ0v) is 14.0. The number of nitrogens with zero attached hydrogens (tertiary/aromatic N) is 2. The van der Waals surface area contributed by atoms with Crippen molar-refractivity contribution in [1.82, 2.24) is 10.2 Å². The molecule has 1 amide bonds. The van der Waals surface area contributed by atoms with Crippen molar-refractivity contribution < 1.29 is 14.1 Å². The molecule has 0 spiro atoms. The third-order valence-electron chi connectivity index (χ3n) is 3.61. The van der Waals surface area contributed by atoms with E-state index in [0.29, 0.717) is 11.3 Å². The molecule has 0 aliphatic heterocycles. The lowest BCUT2D eigenvalue weighted by Crippen LogP contribution is -2.15. The summed E-state index contributed by atoms with van der Waals surface area (Å²) >= 11 is 5.90. The molecule has 0 saturated carbocycles. The molecule has 7 nitrogen and oxygen atoms in total. The Labute approximate surface area is 152 Å². The highest BCUT2D eigenvalue weighted by Crippen LogP contribution is 2.24. The number of aromatic nitrogens is 2. The molecule has 0 aliphatic carbocycles. The quantitative estimate of drug-likeness (QED) is 0.521. The second-order valence-electron chi connectivity index (χ2n) is 5.40. The average Bonchev–Trinajstić information content (AvgIpc) is 3.07. The first-order valence-corrected chi connectivity index (χ1v) is 7.85. The molecule has 1 aromatic heterocycles. The standard InChI is InChI=1S/C17H12ClFN4O3/c18-13-5-2-6-14(19)12(13)8-17(24)20-16-9-15(21-22-16)10-3-1-4-11(7-10)23(25)26/h1-7,9H,8H2,(H2,20,21,22,24). The van der Waals surface area contributed by atoms with Crippen molar-refractivity contribution in [3.63, 3.8) is 0 Å². The van der Waals surface area contributed by atoms with Crippen molar-refractivity contribution in [2.45, 2.75) is 6.42 Å². The largest absolute Gasteiger partial charge is 0.309 e. The van der Waals surface area contributed by atoms with Gasteiger partial charge in [-0.05, 0) is 12.1 Å². The van der Waals surface area contributed by atoms with Crippen LogP contribution in [0, 0.1) is 15.9 Å². The number of aromatic amines is 1. The van der Waals surface area contributed by atoms with Crippen LogP contribution in [-0.4, -0.2) is 21.0 Å². The van der Waals surface area contributed by atoms with Gasteiger partial charge in [0.05, 0.1) is 17.0 Å². The number of nitro groups is 1. The van der Waals surface area contributed by atoms with Crippen LogP contribution < -0.4 is 5.32 Å². The predicted octanol–water partition coefficient (Wildman–Crippen LogP) is 3.96. The highest BCUT2D eigenvalue weighted by Gasteiger charge is 2.14. The van der Waals surface area contributed by atoms with E-state index in [1.807, 2.05) is 0 Å². The van der Waals surface area contributed by atoms with E-state index < -0.39 is 16.6 Å². The number of hydrogen-bond acceptors (Lipinski definition) is 4. The van der Waals surface area contributed by atoms with Gasteiger partial charge in [-0.15, -0.1) is 0 Å². The molecule has 0 unspecified atom stereocenters. The summed E-state index contributed by atoms with van der Waals surface area (Å²) in [5.41, 5.74) is 1.08. The van der Waals surface area contributed by atoms with Crippen LogP contribution in [0.25, 0.3) is 11.3 Å². The second-order valence-corrected chi connectivity index (χ2v) is 5.81. The topological polar surface area (TPSA) is 101 Å². The number of carbonyl (C=O) groups is 1. The summed E-state index contributed by atoms with van der Waals surface area (Å²) in [5, 5.41) is 20.2. The normalized spacial score (nSPS) is 10.5. The molecule has 0 bridgehead atoms. The Kier molecular flexibility index (Phi) is 4.94. The number of halogens is 2. The van der Waals surface area contributed by atoms with E-state index in [-0.39, 0.29) is 28.5 Å². The number of benzene rings is 2. The van der Waals surface area contributed by atoms with E-state index in [1.165, 1.54) is 36.4 Å². The number of amides is 1. The lowest BCUT2D eigenvalue weighted by molar-refractivity contribution is -0.384. The molecule has 26 heavy (non-hydrogen) atoms. The fourth-order valence-electron chi connectivity index (χ4n) is 2.37. The van der Waals surface area contributed by atoms with Gasteiger partial charge in [-0.3, -0.25) is 20.0 Å². The number of anilines is 1. The van der Waals surface area contributed by atoms with Crippen LogP contribution in [-0.2, 0) is 11.2 Å². The van der Waals surface area contributed by atoms with Crippen molar-refractivity contribution in [3.05, 3.63) is 75.0 Å². The van der Waals surface area contributed by atoms with Gasteiger partial charge < -0.3 is 5.32 Å². The average molecular weight is 375 g/mol. The smallest absolute Gasteiger partial charge is 0.270 e. The molecule has 0 aliphatic rings. The SMILES string of the molecule is O=C(Cc1c(F)cccc1Cl)Nc1cc(-c2cccc([N+](=O)[O-])c2)[nH]n1. The minimum Gasteiger partial charge on any atom is -0.309 e. The van der Waals surface area contributed by atoms with E-state index in [4.69, 9.17) is 11.6 Å². The first kappa shape index (κ1) is 17.6. The Balaban J connectivity index is 1.73. The van der Waals surface area contributed by atoms with E-state index >= 15 is 0 Å². The zero-order chi connectivity index (χ0) is 18.7. The molecule has 0 fully saturated rings. The molecule has 2 aromatic carbocycles. The van der Waals surface area contributed by atoms with Crippen LogP contribution >= 0.6 is 11.6 Å². The van der Waals surface area contributed by atoms with Gasteiger partial charge >= 0.3 is 0 Å². The summed E-state index contributed by atoms with van der Waals surface area (Å²) in [6.07, 6.45) is -0.246. The van der Waals surface area contributed by atoms with Crippen molar-refractivity contribution >= 4 is 29.0 Å². The number of nitrogens with one attached hydrogen (secondary N) is 2. The third-order valence-corrected chi connectivity index (χ3v) is 3.97. The monoisotopic (exact) mass is 374 g/mol. The van der Waals surface area contributed by atoms with Crippen LogP contribution in [0.1, 0.15) is 5.56 Å². The lowest BCUT2D eigenvalue weighted by Gasteiger charge is -2.05. The number of carbonyl (C=O) groups excluding carboxylic acids is 1. The van der Waals surface area contributed by atoms with Gasteiger partial charge in [-0.1, -0.05) is 29.8 Å². The molecule has 3 aromatic rings. The first-order chi connectivity index (χ1) is 12.4. The highest BCUT2D eigenvalue weighted by atomic mass is 35.5. The first-order valence-electron chi connectivity index (χ1n) is 7.47. The minimum absolute atomic E-state index is 0.0584. The summed E-state index contributed by atoms with van der Waals surface area (Å²) in [6, 6.07) is 11.7. The number of non-ortho nitro benzene ring substituents is 1. The number of H-pyrrole nitrogens is 1. The second kappa shape index (κ2) is 7.32. The zero-order valence-electron chi connectivity index (χ0n) is 13.2. The van der Waals surface area contributed by atoms with Crippen molar-refractivity contribution in [2.24, 2.45) is 0 Å². The van der Waals surface area contributed by atoms with E-state index in [9.17, 15) is 19.3 Å². The summed E-state index contributed by atoms with van der Waals surface area (Å²) in [7, 11) is 0. The van der Waals surface area contributed by atoms with Crippen LogP contribution in [0.5, 0.6) is 0 Å². The van der Waals surface area contributed by atoms with Gasteiger partial charge in [-0.2, -0.15) is 5.10 Å². The maximum absolute atomic E-state index is 13.7. The molecule has 0 atom stereocenters. The Bertz CT molecular complexity index is 969. The van der Waals surface area contributed by atoms with Crippen LogP contribution in [0.3, 0.4) is 0 Å². The van der Waals surface area contributed by atoms with Crippen LogP contribution in [0.4, 0.5) is 15.9 Å². The molecule has 132 valence electrons. The van der Waals surface area contributed by atoms with Gasteiger partial charge in [0.2, 0.25) is 5.91 Å². The Morgan fingerprint density at radius 2 is 2.04 bits per heavy atom. The molecule has 3 rings (SSSR count). The molecule has 0 saturated heterocycles. The summed E-state index contributed by atoms with van der Waals surface area (Å²) in [5.74, 6) is -0.843. The molecule has 1 heterocycles. The summed E-state index contributed by atoms with van der Waals surface area (Å²) in [6.45, 7) is 0. The lowest BCUT2D eigenvalue weighted by atomic mass is 10.1. The number of rotatable bonds is 5. The van der Waals surface area contributed by atoms with Crippen molar-refractivity contribution in [1.29, 1.82) is 0 Å². The Hall–Kier alpha value is -3.26. The van der Waals surface area contributed by atoms with Gasteiger partial charge in [0, 0.05) is 34.3 Å². The molecule has 9 heteroatoms. The van der Waals surface area contributed by atoms with E-state index in [0.717, 1.165) is 0 Å². The number of hydrogen-bond donors (Lipinski definition) is 2. The molecular formula is C17H12ClFN4O3. The van der Waals surface area contributed by atoms with Crippen LogP contribution in [0.15, 0.2) is 48.5 Å². The van der Waals surface area contributed by atoms with E-state index in [2.05, 4.69) is 15.5 Å². The third kappa shape index (κ3) is 3.86. The fraction of sp³-hybridized carbons (Fsp3) is 0.0588.